The third-order valence-electron chi connectivity index (χ3n) is 6.11. The number of benzene rings is 1. The Balaban J connectivity index is 1.36. The summed E-state index contributed by atoms with van der Waals surface area (Å²) in [5, 5.41) is 11.8. The molecule has 2 aliphatic rings. The predicted octanol–water partition coefficient (Wildman–Crippen LogP) is 5.59. The zero-order valence-corrected chi connectivity index (χ0v) is 17.3. The van der Waals surface area contributed by atoms with Gasteiger partial charge in [0, 0.05) is 22.9 Å². The van der Waals surface area contributed by atoms with Gasteiger partial charge in [-0.2, -0.15) is 0 Å². The number of piperidine rings is 1. The zero-order chi connectivity index (χ0) is 19.4. The van der Waals surface area contributed by atoms with E-state index in [1.807, 2.05) is 17.4 Å². The SMILES string of the molecule is COC1=CC/C(=C\CN2CCC(C=N)(Cc3csc4ccccc34)CC2)C=C1. The molecule has 0 saturated carbocycles. The van der Waals surface area contributed by atoms with E-state index in [9.17, 15) is 0 Å². The Labute approximate surface area is 171 Å². The fourth-order valence-corrected chi connectivity index (χ4v) is 5.16. The van der Waals surface area contributed by atoms with Gasteiger partial charge in [0.25, 0.3) is 0 Å². The summed E-state index contributed by atoms with van der Waals surface area (Å²) in [5.41, 5.74) is 2.77. The smallest absolute Gasteiger partial charge is 0.115 e. The van der Waals surface area contributed by atoms with Crippen LogP contribution in [0.25, 0.3) is 10.1 Å². The highest BCUT2D eigenvalue weighted by Crippen LogP contribution is 2.37. The summed E-state index contributed by atoms with van der Waals surface area (Å²) in [6.07, 6.45) is 14.5. The second kappa shape index (κ2) is 8.46. The standard InChI is InChI=1S/C24H28N2OS/c1-27-21-8-6-19(7-9-21)10-13-26-14-11-24(18-25,12-15-26)16-20-17-28-23-5-3-2-4-22(20)23/h2-6,8-10,17-18,25H,7,11-16H2,1H3/b19-10-,25-18?. The van der Waals surface area contributed by atoms with Gasteiger partial charge in [-0.1, -0.05) is 30.4 Å². The van der Waals surface area contributed by atoms with Gasteiger partial charge >= 0.3 is 0 Å². The summed E-state index contributed by atoms with van der Waals surface area (Å²) in [4.78, 5) is 2.52. The van der Waals surface area contributed by atoms with Crippen LogP contribution in [-0.4, -0.2) is 37.9 Å². The van der Waals surface area contributed by atoms with Crippen LogP contribution in [0.4, 0.5) is 0 Å². The molecular weight excluding hydrogens is 364 g/mol. The first kappa shape index (κ1) is 19.2. The van der Waals surface area contributed by atoms with Crippen molar-refractivity contribution in [3.8, 4) is 0 Å². The summed E-state index contributed by atoms with van der Waals surface area (Å²) >= 11 is 1.82. The summed E-state index contributed by atoms with van der Waals surface area (Å²) in [6, 6.07) is 8.65. The average molecular weight is 393 g/mol. The maximum Gasteiger partial charge on any atom is 0.115 e. The number of fused-ring (bicyclic) bond motifs is 1. The number of ether oxygens (including phenoxy) is 1. The number of hydrogen-bond donors (Lipinski definition) is 1. The first-order valence-corrected chi connectivity index (χ1v) is 10.9. The van der Waals surface area contributed by atoms with E-state index in [1.165, 1.54) is 21.2 Å². The molecule has 1 aromatic carbocycles. The molecular formula is C24H28N2OS. The van der Waals surface area contributed by atoms with Crippen LogP contribution in [0.2, 0.25) is 0 Å². The van der Waals surface area contributed by atoms with Gasteiger partial charge < -0.3 is 10.1 Å². The van der Waals surface area contributed by atoms with Crippen molar-refractivity contribution >= 4 is 27.6 Å². The minimum Gasteiger partial charge on any atom is -0.497 e. The molecule has 0 radical (unpaired) electrons. The second-order valence-corrected chi connectivity index (χ2v) is 8.78. The number of hydrogen-bond acceptors (Lipinski definition) is 4. The third kappa shape index (κ3) is 4.13. The van der Waals surface area contributed by atoms with E-state index >= 15 is 0 Å². The molecule has 0 spiro atoms. The highest BCUT2D eigenvalue weighted by molar-refractivity contribution is 7.17. The van der Waals surface area contributed by atoms with Crippen molar-refractivity contribution < 1.29 is 4.74 Å². The number of thiophene rings is 1. The first-order chi connectivity index (χ1) is 13.7. The Morgan fingerprint density at radius 1 is 1.21 bits per heavy atom. The van der Waals surface area contributed by atoms with Crippen LogP contribution >= 0.6 is 11.3 Å². The highest BCUT2D eigenvalue weighted by Gasteiger charge is 2.33. The lowest BCUT2D eigenvalue weighted by molar-refractivity contribution is 0.168. The quantitative estimate of drug-likeness (QED) is 0.650. The minimum absolute atomic E-state index is 0.00827. The second-order valence-electron chi connectivity index (χ2n) is 7.87. The van der Waals surface area contributed by atoms with E-state index in [0.29, 0.717) is 0 Å². The predicted molar refractivity (Wildman–Crippen MR) is 119 cm³/mol. The highest BCUT2D eigenvalue weighted by atomic mass is 32.1. The largest absolute Gasteiger partial charge is 0.497 e. The normalized spacial score (nSPS) is 21.0. The van der Waals surface area contributed by atoms with Crippen LogP contribution < -0.4 is 0 Å². The fraction of sp³-hybridized carbons (Fsp3) is 0.375. The van der Waals surface area contributed by atoms with E-state index < -0.39 is 0 Å². The molecule has 2 aromatic rings. The molecule has 1 fully saturated rings. The molecule has 1 aliphatic carbocycles. The Morgan fingerprint density at radius 2 is 2.04 bits per heavy atom. The summed E-state index contributed by atoms with van der Waals surface area (Å²) < 4.78 is 6.61. The molecule has 4 heteroatoms. The number of allylic oxidation sites excluding steroid dienone is 4. The van der Waals surface area contributed by atoms with Crippen molar-refractivity contribution in [3.63, 3.8) is 0 Å². The van der Waals surface area contributed by atoms with E-state index in [2.05, 4.69) is 52.8 Å². The van der Waals surface area contributed by atoms with Gasteiger partial charge in [0.1, 0.15) is 5.76 Å². The van der Waals surface area contributed by atoms with Gasteiger partial charge in [-0.3, -0.25) is 4.90 Å². The maximum atomic E-state index is 8.14. The number of likely N-dealkylation sites (tertiary alicyclic amines) is 1. The maximum absolute atomic E-state index is 8.14. The number of nitrogens with zero attached hydrogens (tertiary/aromatic N) is 1. The van der Waals surface area contributed by atoms with Crippen molar-refractivity contribution in [1.82, 2.24) is 4.90 Å². The van der Waals surface area contributed by atoms with Crippen LogP contribution in [0.15, 0.2) is 65.3 Å². The molecule has 1 saturated heterocycles. The Kier molecular flexibility index (Phi) is 5.79. The van der Waals surface area contributed by atoms with E-state index in [4.69, 9.17) is 10.1 Å². The molecule has 3 nitrogen and oxygen atoms in total. The van der Waals surface area contributed by atoms with Crippen LogP contribution in [0.5, 0.6) is 0 Å². The van der Waals surface area contributed by atoms with Gasteiger partial charge in [0.2, 0.25) is 0 Å². The molecule has 1 aromatic heterocycles. The monoisotopic (exact) mass is 392 g/mol. The van der Waals surface area contributed by atoms with Crippen molar-refractivity contribution in [2.75, 3.05) is 26.7 Å². The van der Waals surface area contributed by atoms with E-state index in [-0.39, 0.29) is 5.41 Å². The van der Waals surface area contributed by atoms with Crippen LogP contribution in [0.3, 0.4) is 0 Å². The lowest BCUT2D eigenvalue weighted by Crippen LogP contribution is -2.42. The fourth-order valence-electron chi connectivity index (χ4n) is 4.19. The van der Waals surface area contributed by atoms with E-state index in [0.717, 1.165) is 51.1 Å². The van der Waals surface area contributed by atoms with Crippen molar-refractivity contribution in [2.24, 2.45) is 5.41 Å². The summed E-state index contributed by atoms with van der Waals surface area (Å²) in [6.45, 7) is 3.11. The number of nitrogens with one attached hydrogen (secondary N) is 1. The Bertz CT molecular complexity index is 929. The summed E-state index contributed by atoms with van der Waals surface area (Å²) in [5.74, 6) is 0.951. The zero-order valence-electron chi connectivity index (χ0n) is 16.5. The topological polar surface area (TPSA) is 36.3 Å². The lowest BCUT2D eigenvalue weighted by Gasteiger charge is -2.39. The summed E-state index contributed by atoms with van der Waals surface area (Å²) in [7, 11) is 1.72. The molecule has 146 valence electrons. The van der Waals surface area contributed by atoms with Crippen LogP contribution in [0.1, 0.15) is 24.8 Å². The van der Waals surface area contributed by atoms with Crippen LogP contribution in [-0.2, 0) is 11.2 Å². The van der Waals surface area contributed by atoms with Crippen molar-refractivity contribution in [2.45, 2.75) is 25.7 Å². The Hall–Kier alpha value is -2.17. The third-order valence-corrected chi connectivity index (χ3v) is 7.12. The van der Waals surface area contributed by atoms with Gasteiger partial charge in [-0.25, -0.2) is 0 Å². The number of methoxy groups -OCH3 is 1. The molecule has 1 N–H and O–H groups in total. The molecule has 1 aliphatic heterocycles. The van der Waals surface area contributed by atoms with Crippen molar-refractivity contribution in [1.29, 1.82) is 5.41 Å². The molecule has 0 bridgehead atoms. The molecule has 4 rings (SSSR count). The van der Waals surface area contributed by atoms with Gasteiger partial charge in [-0.15, -0.1) is 11.3 Å². The molecule has 2 heterocycles. The molecule has 0 atom stereocenters. The van der Waals surface area contributed by atoms with Crippen molar-refractivity contribution in [3.05, 3.63) is 70.8 Å². The lowest BCUT2D eigenvalue weighted by atomic mass is 9.74. The average Bonchev–Trinajstić information content (AvgIpc) is 3.16. The van der Waals surface area contributed by atoms with Gasteiger partial charge in [-0.05, 0) is 78.9 Å². The minimum atomic E-state index is 0.00827. The Morgan fingerprint density at radius 3 is 2.75 bits per heavy atom. The van der Waals surface area contributed by atoms with Gasteiger partial charge in [0.15, 0.2) is 0 Å². The molecule has 28 heavy (non-hydrogen) atoms. The van der Waals surface area contributed by atoms with Crippen LogP contribution in [0, 0.1) is 10.8 Å². The van der Waals surface area contributed by atoms with E-state index in [1.54, 1.807) is 13.3 Å². The van der Waals surface area contributed by atoms with Gasteiger partial charge in [0.05, 0.1) is 7.11 Å². The molecule has 0 amide bonds. The molecule has 0 unspecified atom stereocenters. The first-order valence-electron chi connectivity index (χ1n) is 10.0. The number of rotatable bonds is 6.